The summed E-state index contributed by atoms with van der Waals surface area (Å²) in [6.45, 7) is 3.81. The van der Waals surface area contributed by atoms with E-state index >= 15 is 0 Å². The molecule has 31 heavy (non-hydrogen) atoms. The molecular formula is C21H21F2N7O. The molecule has 1 N–H and O–H groups in total. The molecule has 160 valence electrons. The summed E-state index contributed by atoms with van der Waals surface area (Å²) in [5.41, 5.74) is 1.15. The van der Waals surface area contributed by atoms with Crippen LogP contribution in [0.4, 0.5) is 32.1 Å². The topological polar surface area (TPSA) is 98.0 Å². The molecule has 1 saturated heterocycles. The van der Waals surface area contributed by atoms with Crippen molar-refractivity contribution in [3.63, 3.8) is 0 Å². The van der Waals surface area contributed by atoms with E-state index in [0.717, 1.165) is 30.6 Å². The quantitative estimate of drug-likeness (QED) is 0.804. The van der Waals surface area contributed by atoms with E-state index in [-0.39, 0.29) is 24.4 Å². The number of anilines is 4. The number of alkyl halides is 2. The molecule has 2 fully saturated rings. The van der Waals surface area contributed by atoms with Gasteiger partial charge in [0.25, 0.3) is 6.43 Å². The van der Waals surface area contributed by atoms with Crippen molar-refractivity contribution in [3.8, 4) is 6.07 Å². The fraction of sp³-hybridized carbons (Fsp3) is 0.476. The fourth-order valence-corrected chi connectivity index (χ4v) is 4.43. The Kier molecular flexibility index (Phi) is 4.16. The van der Waals surface area contributed by atoms with Crippen molar-refractivity contribution in [2.24, 2.45) is 5.41 Å². The Morgan fingerprint density at radius 2 is 2.00 bits per heavy atom. The van der Waals surface area contributed by atoms with Crippen LogP contribution in [0.15, 0.2) is 18.3 Å². The second kappa shape index (κ2) is 6.57. The van der Waals surface area contributed by atoms with Gasteiger partial charge in [-0.15, -0.1) is 0 Å². The second-order valence-corrected chi connectivity index (χ2v) is 8.73. The molecule has 1 saturated carbocycles. The third-order valence-electron chi connectivity index (χ3n) is 6.34. The minimum Gasteiger partial charge on any atom is -0.337 e. The zero-order valence-electron chi connectivity index (χ0n) is 17.2. The Morgan fingerprint density at radius 1 is 1.26 bits per heavy atom. The predicted molar refractivity (Wildman–Crippen MR) is 109 cm³/mol. The van der Waals surface area contributed by atoms with Crippen molar-refractivity contribution in [1.29, 1.82) is 5.26 Å². The van der Waals surface area contributed by atoms with Crippen LogP contribution in [0.5, 0.6) is 0 Å². The van der Waals surface area contributed by atoms with Gasteiger partial charge in [-0.3, -0.25) is 4.79 Å². The van der Waals surface area contributed by atoms with Crippen LogP contribution in [-0.2, 0) is 10.2 Å². The van der Waals surface area contributed by atoms with E-state index in [2.05, 4.69) is 25.2 Å². The molecule has 3 aliphatic rings. The van der Waals surface area contributed by atoms with Gasteiger partial charge in [0.2, 0.25) is 11.9 Å². The summed E-state index contributed by atoms with van der Waals surface area (Å²) in [6.07, 6.45) is 1.22. The number of amides is 1. The van der Waals surface area contributed by atoms with Crippen LogP contribution in [0.2, 0.25) is 0 Å². The molecule has 0 atom stereocenters. The maximum atomic E-state index is 13.3. The zero-order valence-corrected chi connectivity index (χ0v) is 17.2. The second-order valence-electron chi connectivity index (χ2n) is 8.73. The minimum atomic E-state index is -2.71. The molecule has 10 heteroatoms. The first kappa shape index (κ1) is 19.6. The number of carbonyl (C=O) groups is 1. The zero-order chi connectivity index (χ0) is 22.0. The minimum absolute atomic E-state index is 0.0402. The SMILES string of the molecule is CC(=O)Nc1cc2c(cn1)C1(CC1)CN2c1cc(C)nc(N2CC(C#N)(C(F)F)C2)n1. The van der Waals surface area contributed by atoms with Gasteiger partial charge in [-0.25, -0.2) is 18.7 Å². The Morgan fingerprint density at radius 3 is 2.61 bits per heavy atom. The number of halogens is 2. The van der Waals surface area contributed by atoms with E-state index in [0.29, 0.717) is 23.3 Å². The van der Waals surface area contributed by atoms with E-state index in [1.165, 1.54) is 6.92 Å². The van der Waals surface area contributed by atoms with Crippen molar-refractivity contribution in [2.45, 2.75) is 38.5 Å². The van der Waals surface area contributed by atoms with Gasteiger partial charge < -0.3 is 15.1 Å². The first-order chi connectivity index (χ1) is 14.7. The largest absolute Gasteiger partial charge is 0.337 e. The number of rotatable bonds is 4. The molecule has 0 aromatic carbocycles. The molecule has 1 amide bonds. The van der Waals surface area contributed by atoms with Crippen molar-refractivity contribution in [3.05, 3.63) is 29.6 Å². The molecule has 5 rings (SSSR count). The fourth-order valence-electron chi connectivity index (χ4n) is 4.43. The molecular weight excluding hydrogens is 404 g/mol. The Labute approximate surface area is 177 Å². The average molecular weight is 425 g/mol. The Balaban J connectivity index is 1.48. The van der Waals surface area contributed by atoms with Gasteiger partial charge in [-0.2, -0.15) is 10.2 Å². The van der Waals surface area contributed by atoms with Crippen LogP contribution in [0.25, 0.3) is 0 Å². The summed E-state index contributed by atoms with van der Waals surface area (Å²) in [5, 5.41) is 11.9. The molecule has 8 nitrogen and oxygen atoms in total. The van der Waals surface area contributed by atoms with Gasteiger partial charge in [0.05, 0.1) is 11.8 Å². The number of pyridine rings is 1. The van der Waals surface area contributed by atoms with Gasteiger partial charge >= 0.3 is 0 Å². The standard InChI is InChI=1S/C21H21F2N7O/c1-12-5-17(28-19(26-12)29-9-21(8-24,10-29)18(22)23)30-11-20(3-4-20)14-7-25-16(6-15(14)30)27-13(2)31/h5-7,18H,3-4,9-11H2,1-2H3,(H,25,27,31). The van der Waals surface area contributed by atoms with E-state index in [1.54, 1.807) is 11.0 Å². The van der Waals surface area contributed by atoms with Gasteiger partial charge in [-0.1, -0.05) is 0 Å². The molecule has 1 spiro atoms. The summed E-state index contributed by atoms with van der Waals surface area (Å²) < 4.78 is 26.6. The molecule has 2 aromatic rings. The van der Waals surface area contributed by atoms with Crippen LogP contribution in [0, 0.1) is 23.7 Å². The van der Waals surface area contributed by atoms with Crippen molar-refractivity contribution in [2.75, 3.05) is 34.8 Å². The number of nitrogens with one attached hydrogen (secondary N) is 1. The van der Waals surface area contributed by atoms with Crippen LogP contribution in [0.1, 0.15) is 31.0 Å². The van der Waals surface area contributed by atoms with E-state index in [4.69, 9.17) is 0 Å². The molecule has 2 aromatic heterocycles. The average Bonchev–Trinajstić information content (AvgIpc) is 3.37. The number of aryl methyl sites for hydroxylation is 1. The van der Waals surface area contributed by atoms with Gasteiger partial charge in [0.1, 0.15) is 11.6 Å². The monoisotopic (exact) mass is 425 g/mol. The number of hydrogen-bond donors (Lipinski definition) is 1. The molecule has 4 heterocycles. The summed E-state index contributed by atoms with van der Waals surface area (Å²) in [6, 6.07) is 5.46. The highest BCUT2D eigenvalue weighted by Crippen LogP contribution is 2.58. The maximum Gasteiger partial charge on any atom is 0.260 e. The number of fused-ring (bicyclic) bond motifs is 2. The lowest BCUT2D eigenvalue weighted by atomic mass is 9.82. The van der Waals surface area contributed by atoms with Crippen molar-refractivity contribution in [1.82, 2.24) is 15.0 Å². The first-order valence-corrected chi connectivity index (χ1v) is 10.1. The van der Waals surface area contributed by atoms with E-state index < -0.39 is 11.8 Å². The van der Waals surface area contributed by atoms with Gasteiger partial charge in [0.15, 0.2) is 5.41 Å². The smallest absolute Gasteiger partial charge is 0.260 e. The van der Waals surface area contributed by atoms with Crippen LogP contribution >= 0.6 is 0 Å². The lowest BCUT2D eigenvalue weighted by Crippen LogP contribution is -2.60. The normalized spacial score (nSPS) is 19.7. The van der Waals surface area contributed by atoms with E-state index in [9.17, 15) is 18.8 Å². The molecule has 2 aliphatic heterocycles. The summed E-state index contributed by atoms with van der Waals surface area (Å²) in [5.74, 6) is 1.28. The Hall–Kier alpha value is -3.35. The molecule has 0 unspecified atom stereocenters. The number of aromatic nitrogens is 3. The van der Waals surface area contributed by atoms with Crippen molar-refractivity contribution >= 4 is 29.2 Å². The molecule has 0 bridgehead atoms. The number of carbonyl (C=O) groups excluding carboxylic acids is 1. The first-order valence-electron chi connectivity index (χ1n) is 10.1. The van der Waals surface area contributed by atoms with E-state index in [1.807, 2.05) is 25.3 Å². The van der Waals surface area contributed by atoms with Gasteiger partial charge in [0, 0.05) is 61.6 Å². The summed E-state index contributed by atoms with van der Waals surface area (Å²) in [7, 11) is 0. The third kappa shape index (κ3) is 3.07. The third-order valence-corrected chi connectivity index (χ3v) is 6.34. The summed E-state index contributed by atoms with van der Waals surface area (Å²) >= 11 is 0. The highest BCUT2D eigenvalue weighted by molar-refractivity contribution is 5.89. The molecule has 0 radical (unpaired) electrons. The van der Waals surface area contributed by atoms with Crippen LogP contribution in [-0.4, -0.2) is 46.9 Å². The van der Waals surface area contributed by atoms with Crippen LogP contribution in [0.3, 0.4) is 0 Å². The van der Waals surface area contributed by atoms with Gasteiger partial charge in [-0.05, 0) is 19.8 Å². The number of nitriles is 1. The Bertz CT molecular complexity index is 1120. The lowest BCUT2D eigenvalue weighted by molar-refractivity contribution is -0.114. The van der Waals surface area contributed by atoms with Crippen LogP contribution < -0.4 is 15.1 Å². The lowest BCUT2D eigenvalue weighted by Gasteiger charge is -2.44. The highest BCUT2D eigenvalue weighted by Gasteiger charge is 2.54. The number of nitrogens with zero attached hydrogens (tertiary/aromatic N) is 6. The highest BCUT2D eigenvalue weighted by atomic mass is 19.3. The van der Waals surface area contributed by atoms with Crippen molar-refractivity contribution < 1.29 is 13.6 Å². The maximum absolute atomic E-state index is 13.3. The number of hydrogen-bond acceptors (Lipinski definition) is 7. The molecule has 1 aliphatic carbocycles. The predicted octanol–water partition coefficient (Wildman–Crippen LogP) is 2.92. The summed E-state index contributed by atoms with van der Waals surface area (Å²) in [4.78, 5) is 28.6.